The van der Waals surface area contributed by atoms with Gasteiger partial charge in [-0.05, 0) is 65.1 Å². The summed E-state index contributed by atoms with van der Waals surface area (Å²) in [5, 5.41) is 9.25. The quantitative estimate of drug-likeness (QED) is 0.0936. The van der Waals surface area contributed by atoms with E-state index in [4.69, 9.17) is 15.1 Å². The summed E-state index contributed by atoms with van der Waals surface area (Å²) >= 11 is 0. The number of hydrogen-bond acceptors (Lipinski definition) is 2. The molecular weight excluding hydrogens is 739 g/mol. The van der Waals surface area contributed by atoms with Crippen molar-refractivity contribution < 1.29 is 35.2 Å². The van der Waals surface area contributed by atoms with Crippen LogP contribution in [0, 0.1) is 38.1 Å². The van der Waals surface area contributed by atoms with Crippen molar-refractivity contribution in [2.24, 2.45) is 5.41 Å². The van der Waals surface area contributed by atoms with Gasteiger partial charge < -0.3 is 10.4 Å². The van der Waals surface area contributed by atoms with Gasteiger partial charge in [0.1, 0.15) is 0 Å². The number of allylic oxidation sites excluding steroid dienone is 4. The van der Waals surface area contributed by atoms with Crippen LogP contribution in [0.25, 0.3) is 38.9 Å². The topological polar surface area (TPSA) is 48.1 Å². The van der Waals surface area contributed by atoms with E-state index in [-0.39, 0.29) is 47.9 Å². The van der Waals surface area contributed by atoms with E-state index < -0.39 is 32.3 Å². The van der Waals surface area contributed by atoms with E-state index >= 15 is 0 Å². The SMILES string of the molecule is [2H]C([2H])([2H])c1ccc(-c2[c-]cc(C([2H])([2H])[2H])c(-c3ccccc3C([2H])([2H])[2H])c2)nc1.[2H]C([2H])(c1ccc(C(/C=C(\C)c2[c-]cccc2)=C/C=[N-])nc1)C(C)(C)C.[Ir+3]. The van der Waals surface area contributed by atoms with Crippen molar-refractivity contribution >= 4 is 17.4 Å². The fourth-order valence-electron chi connectivity index (χ4n) is 4.44. The van der Waals surface area contributed by atoms with Gasteiger partial charge in [-0.25, -0.2) is 0 Å². The zero-order valence-electron chi connectivity index (χ0n) is 37.1. The second-order valence-corrected chi connectivity index (χ2v) is 11.3. The zero-order valence-corrected chi connectivity index (χ0v) is 28.5. The third kappa shape index (κ3) is 10.4. The molecule has 2 heterocycles. The number of rotatable bonds is 7. The van der Waals surface area contributed by atoms with Crippen LogP contribution in [0.5, 0.6) is 0 Å². The van der Waals surface area contributed by atoms with Gasteiger partial charge in [0.15, 0.2) is 0 Å². The maximum Gasteiger partial charge on any atom is 3.00 e. The maximum atomic E-state index is 9.25. The van der Waals surface area contributed by atoms with Gasteiger partial charge in [0, 0.05) is 27.5 Å². The van der Waals surface area contributed by atoms with Crippen molar-refractivity contribution in [3.8, 4) is 22.4 Å². The van der Waals surface area contributed by atoms with E-state index in [0.717, 1.165) is 22.9 Å². The number of aryl methyl sites for hydroxylation is 3. The number of aromatic nitrogens is 2. The van der Waals surface area contributed by atoms with E-state index in [2.05, 4.69) is 22.1 Å². The third-order valence-corrected chi connectivity index (χ3v) is 6.55. The van der Waals surface area contributed by atoms with Crippen molar-refractivity contribution in [1.82, 2.24) is 9.97 Å². The van der Waals surface area contributed by atoms with Crippen LogP contribution >= 0.6 is 0 Å². The predicted molar refractivity (Wildman–Crippen MR) is 192 cm³/mol. The molecule has 3 nitrogen and oxygen atoms in total. The summed E-state index contributed by atoms with van der Waals surface area (Å²) in [6.45, 7) is 0.390. The summed E-state index contributed by atoms with van der Waals surface area (Å²) in [5.74, 6) is 0. The first-order valence-electron chi connectivity index (χ1n) is 19.9. The summed E-state index contributed by atoms with van der Waals surface area (Å²) in [4.78, 5) is 8.60. The number of pyridine rings is 2. The predicted octanol–water partition coefficient (Wildman–Crippen LogP) is 10.7. The minimum atomic E-state index is -2.48. The molecule has 4 heteroatoms. The fraction of sp³-hybridized carbons (Fsp3) is 0.214. The molecule has 234 valence electrons. The summed E-state index contributed by atoms with van der Waals surface area (Å²) in [7, 11) is 0. The molecule has 0 radical (unpaired) electrons. The van der Waals surface area contributed by atoms with E-state index in [1.165, 1.54) is 36.5 Å². The van der Waals surface area contributed by atoms with Crippen molar-refractivity contribution in [2.45, 2.75) is 54.6 Å². The third-order valence-electron chi connectivity index (χ3n) is 6.55. The van der Waals surface area contributed by atoms with Gasteiger partial charge in [-0.3, -0.25) is 4.98 Å². The van der Waals surface area contributed by atoms with Crippen molar-refractivity contribution in [1.29, 1.82) is 0 Å². The monoisotopic (exact) mass is 792 g/mol. The molecule has 0 aliphatic rings. The van der Waals surface area contributed by atoms with Crippen LogP contribution in [-0.4, -0.2) is 16.2 Å². The van der Waals surface area contributed by atoms with E-state index in [9.17, 15) is 5.41 Å². The van der Waals surface area contributed by atoms with E-state index in [1.807, 2.05) is 58.0 Å². The van der Waals surface area contributed by atoms with Gasteiger partial charge in [-0.15, -0.1) is 70.8 Å². The van der Waals surface area contributed by atoms with Crippen LogP contribution in [0.1, 0.15) is 76.3 Å². The molecule has 5 aromatic rings. The van der Waals surface area contributed by atoms with Gasteiger partial charge >= 0.3 is 20.1 Å². The first kappa shape index (κ1) is 23.1. The molecule has 0 fully saturated rings. The van der Waals surface area contributed by atoms with E-state index in [0.29, 0.717) is 22.5 Å². The van der Waals surface area contributed by atoms with Crippen LogP contribution in [0.4, 0.5) is 0 Å². The van der Waals surface area contributed by atoms with Gasteiger partial charge in [0.05, 0.1) is 5.69 Å². The summed E-state index contributed by atoms with van der Waals surface area (Å²) in [6, 6.07) is 29.3. The standard InChI is InChI=1S/C22H24N2.C20H18N.Ir/c1-17(19-8-6-5-7-9-19)14-20(12-13-23)21-11-10-18(16-24-21)15-22(2,3)4;1-14-8-11-20(21-13-14)17-10-9-16(3)19(12-17)18-7-5-4-6-15(18)2;/h5-8,10-14,16H,15H2,1-4H3;4-9,11-13H,1-3H3;/q-2;-1;+3/b17-14+,20-12+;;/i15D2;1D3,2D3,3D3;. The Morgan fingerprint density at radius 2 is 1.70 bits per heavy atom. The van der Waals surface area contributed by atoms with Gasteiger partial charge in [-0.1, -0.05) is 94.7 Å². The van der Waals surface area contributed by atoms with E-state index in [1.54, 1.807) is 42.6 Å². The van der Waals surface area contributed by atoms with Crippen LogP contribution in [0.15, 0.2) is 109 Å². The average Bonchev–Trinajstić information content (AvgIpc) is 3.13. The summed E-state index contributed by atoms with van der Waals surface area (Å²) < 4.78 is 86.0. The minimum absolute atomic E-state index is 0. The van der Waals surface area contributed by atoms with Crippen LogP contribution in [-0.2, 0) is 26.5 Å². The summed E-state index contributed by atoms with van der Waals surface area (Å²) in [6.07, 6.45) is 5.81. The second-order valence-electron chi connectivity index (χ2n) is 11.3. The summed E-state index contributed by atoms with van der Waals surface area (Å²) in [5.41, 5.74) is 4.83. The van der Waals surface area contributed by atoms with Crippen LogP contribution in [0.3, 0.4) is 0 Å². The molecule has 46 heavy (non-hydrogen) atoms. The fourth-order valence-corrected chi connectivity index (χ4v) is 4.44. The van der Waals surface area contributed by atoms with Crippen molar-refractivity contribution in [3.63, 3.8) is 0 Å². The Morgan fingerprint density at radius 1 is 0.891 bits per heavy atom. The van der Waals surface area contributed by atoms with Gasteiger partial charge in [0.25, 0.3) is 0 Å². The Labute approximate surface area is 304 Å². The molecule has 3 aromatic carbocycles. The molecule has 0 bridgehead atoms. The molecule has 5 rings (SSSR count). The van der Waals surface area contributed by atoms with Crippen molar-refractivity contribution in [3.05, 3.63) is 161 Å². The molecule has 0 atom stereocenters. The molecule has 0 saturated carbocycles. The molecule has 0 unspecified atom stereocenters. The molecule has 2 aromatic heterocycles. The molecule has 0 aliphatic carbocycles. The van der Waals surface area contributed by atoms with Crippen LogP contribution < -0.4 is 0 Å². The Hall–Kier alpha value is -4.24. The maximum absolute atomic E-state index is 9.25. The average molecular weight is 792 g/mol. The molecule has 0 N–H and O–H groups in total. The number of benzene rings is 3. The Kier molecular flexibility index (Phi) is 8.50. The molecule has 0 aliphatic heterocycles. The zero-order chi connectivity index (χ0) is 41.7. The molecule has 0 spiro atoms. The smallest absolute Gasteiger partial charge is 0.811 e. The van der Waals surface area contributed by atoms with Gasteiger partial charge in [-0.2, -0.15) is 6.21 Å². The first-order chi connectivity index (χ1) is 25.9. The Balaban J connectivity index is 0.000000303. The van der Waals surface area contributed by atoms with Gasteiger partial charge in [0.2, 0.25) is 0 Å². The van der Waals surface area contributed by atoms with Crippen molar-refractivity contribution in [2.75, 3.05) is 0 Å². The molecule has 0 amide bonds. The Morgan fingerprint density at radius 3 is 2.33 bits per heavy atom. The largest absolute Gasteiger partial charge is 3.00 e. The number of hydrogen-bond donors (Lipinski definition) is 0. The minimum Gasteiger partial charge on any atom is -0.811 e. The normalized spacial score (nSPS) is 16.3. The number of nitrogens with zero attached hydrogens (tertiary/aromatic N) is 3. The van der Waals surface area contributed by atoms with Crippen LogP contribution in [0.2, 0.25) is 0 Å². The molecule has 0 saturated heterocycles. The second kappa shape index (κ2) is 16.9. The molecular formula is C42H42IrN3. The Bertz CT molecular complexity index is 2180. The first-order valence-corrected chi connectivity index (χ1v) is 14.4.